The predicted molar refractivity (Wildman–Crippen MR) is 133 cm³/mol. The van der Waals surface area contributed by atoms with Gasteiger partial charge in [-0.05, 0) is 54.6 Å². The van der Waals surface area contributed by atoms with E-state index in [0.717, 1.165) is 11.0 Å². The fraction of sp³-hybridized carbons (Fsp3) is 0.0400. The molecule has 36 heavy (non-hydrogen) atoms. The fourth-order valence-electron chi connectivity index (χ4n) is 3.40. The molecule has 3 aromatic carbocycles. The minimum absolute atomic E-state index is 0.133. The van der Waals surface area contributed by atoms with E-state index in [1.165, 1.54) is 55.6 Å². The molecule has 0 radical (unpaired) electrons. The first-order valence-corrected chi connectivity index (χ1v) is 11.1. The molecule has 0 aliphatic carbocycles. The third-order valence-corrected chi connectivity index (χ3v) is 5.76. The average molecular weight is 528 g/mol. The van der Waals surface area contributed by atoms with Crippen molar-refractivity contribution in [2.24, 2.45) is 0 Å². The van der Waals surface area contributed by atoms with Crippen molar-refractivity contribution in [3.8, 4) is 0 Å². The third-order valence-electron chi connectivity index (χ3n) is 5.12. The van der Waals surface area contributed by atoms with Gasteiger partial charge in [0.05, 0.1) is 23.4 Å². The van der Waals surface area contributed by atoms with Crippen LogP contribution in [0, 0.1) is 5.82 Å². The van der Waals surface area contributed by atoms with E-state index < -0.39 is 29.5 Å². The predicted octanol–water partition coefficient (Wildman–Crippen LogP) is 4.95. The van der Waals surface area contributed by atoms with E-state index in [4.69, 9.17) is 23.2 Å². The van der Waals surface area contributed by atoms with Gasteiger partial charge in [-0.15, -0.1) is 0 Å². The highest BCUT2D eigenvalue weighted by Gasteiger charge is 2.39. The van der Waals surface area contributed by atoms with Crippen LogP contribution in [0.25, 0.3) is 0 Å². The second-order valence-electron chi connectivity index (χ2n) is 7.47. The second-order valence-corrected chi connectivity index (χ2v) is 8.25. The number of imide groups is 1. The maximum Gasteiger partial charge on any atom is 0.337 e. The Balaban J connectivity index is 1.54. The minimum atomic E-state index is -0.784. The topological polar surface area (TPSA) is 105 Å². The number of halogens is 3. The molecule has 0 bridgehead atoms. The Morgan fingerprint density at radius 3 is 2.33 bits per heavy atom. The summed E-state index contributed by atoms with van der Waals surface area (Å²) in [5.74, 6) is -3.30. The lowest BCUT2D eigenvalue weighted by Crippen LogP contribution is -2.32. The van der Waals surface area contributed by atoms with Gasteiger partial charge in [-0.2, -0.15) is 0 Å². The molecule has 3 aromatic rings. The summed E-state index contributed by atoms with van der Waals surface area (Å²) in [5.41, 5.74) is 0.879. The standard InChI is InChI=1S/C25H16Cl2FN3O5/c1-36-25(35)14-5-3-7-17(11-14)31-23(33)20(27)21(24(31)34)29-15-6-2-4-13(10-15)22(32)30-16-8-9-19(28)18(26)12-16/h2-12,29H,1H3,(H,30,32). The van der Waals surface area contributed by atoms with Crippen molar-refractivity contribution >= 4 is 64.0 Å². The molecule has 0 aromatic heterocycles. The van der Waals surface area contributed by atoms with Crippen LogP contribution in [0.3, 0.4) is 0 Å². The Bertz CT molecular complexity index is 1460. The Labute approximate surface area is 214 Å². The van der Waals surface area contributed by atoms with Gasteiger partial charge >= 0.3 is 5.97 Å². The second kappa shape index (κ2) is 10.2. The van der Waals surface area contributed by atoms with Gasteiger partial charge < -0.3 is 15.4 Å². The molecular formula is C25H16Cl2FN3O5. The zero-order chi connectivity index (χ0) is 26.0. The molecule has 11 heteroatoms. The third kappa shape index (κ3) is 4.93. The van der Waals surface area contributed by atoms with E-state index in [1.807, 2.05) is 0 Å². The number of benzene rings is 3. The van der Waals surface area contributed by atoms with Gasteiger partial charge in [0.2, 0.25) is 0 Å². The minimum Gasteiger partial charge on any atom is -0.465 e. The highest BCUT2D eigenvalue weighted by Crippen LogP contribution is 2.31. The molecule has 1 heterocycles. The number of carbonyl (C=O) groups excluding carboxylic acids is 4. The molecule has 4 rings (SSSR count). The van der Waals surface area contributed by atoms with E-state index in [9.17, 15) is 23.6 Å². The van der Waals surface area contributed by atoms with Crippen molar-refractivity contribution in [2.45, 2.75) is 0 Å². The van der Waals surface area contributed by atoms with Gasteiger partial charge in [-0.3, -0.25) is 14.4 Å². The Hall–Kier alpha value is -4.21. The molecule has 1 aliphatic rings. The molecule has 1 aliphatic heterocycles. The number of anilines is 3. The quantitative estimate of drug-likeness (QED) is 0.347. The number of ether oxygens (including phenoxy) is 1. The zero-order valence-electron chi connectivity index (χ0n) is 18.5. The molecule has 0 fully saturated rings. The monoisotopic (exact) mass is 527 g/mol. The SMILES string of the molecule is COC(=O)c1cccc(N2C(=O)C(Cl)=C(Nc3cccc(C(=O)Nc4ccc(F)c(Cl)c4)c3)C2=O)c1. The van der Waals surface area contributed by atoms with Crippen LogP contribution in [-0.4, -0.2) is 30.8 Å². The Morgan fingerprint density at radius 1 is 0.889 bits per heavy atom. The summed E-state index contributed by atoms with van der Waals surface area (Å²) in [7, 11) is 1.21. The number of methoxy groups -OCH3 is 1. The largest absolute Gasteiger partial charge is 0.465 e. The van der Waals surface area contributed by atoms with Crippen molar-refractivity contribution in [1.29, 1.82) is 0 Å². The molecule has 0 saturated carbocycles. The van der Waals surface area contributed by atoms with Crippen molar-refractivity contribution in [1.82, 2.24) is 0 Å². The van der Waals surface area contributed by atoms with Gasteiger partial charge in [0.1, 0.15) is 16.5 Å². The van der Waals surface area contributed by atoms with E-state index in [2.05, 4.69) is 15.4 Å². The number of amides is 3. The van der Waals surface area contributed by atoms with Gasteiger partial charge in [0.15, 0.2) is 0 Å². The van der Waals surface area contributed by atoms with Gasteiger partial charge in [0, 0.05) is 16.9 Å². The summed E-state index contributed by atoms with van der Waals surface area (Å²) in [6.45, 7) is 0. The molecule has 0 atom stereocenters. The Kier molecular flexibility index (Phi) is 7.05. The van der Waals surface area contributed by atoms with Crippen LogP contribution in [0.15, 0.2) is 77.5 Å². The molecule has 0 unspecified atom stereocenters. The Morgan fingerprint density at radius 2 is 1.61 bits per heavy atom. The van der Waals surface area contributed by atoms with E-state index in [-0.39, 0.29) is 38.3 Å². The summed E-state index contributed by atoms with van der Waals surface area (Å²) in [4.78, 5) is 51.1. The van der Waals surface area contributed by atoms with E-state index in [0.29, 0.717) is 5.69 Å². The van der Waals surface area contributed by atoms with Crippen molar-refractivity contribution in [3.05, 3.63) is 99.4 Å². The molecule has 2 N–H and O–H groups in total. The van der Waals surface area contributed by atoms with Gasteiger partial charge in [-0.1, -0.05) is 35.3 Å². The number of rotatable bonds is 6. The number of nitrogens with one attached hydrogen (secondary N) is 2. The molecule has 182 valence electrons. The number of carbonyl (C=O) groups is 4. The zero-order valence-corrected chi connectivity index (χ0v) is 20.0. The lowest BCUT2D eigenvalue weighted by atomic mass is 10.1. The van der Waals surface area contributed by atoms with Crippen LogP contribution in [0.4, 0.5) is 21.5 Å². The number of hydrogen-bond acceptors (Lipinski definition) is 6. The smallest absolute Gasteiger partial charge is 0.337 e. The van der Waals surface area contributed by atoms with Crippen LogP contribution in [0.2, 0.25) is 5.02 Å². The normalized spacial score (nSPS) is 13.2. The highest BCUT2D eigenvalue weighted by atomic mass is 35.5. The van der Waals surface area contributed by atoms with Crippen molar-refractivity contribution < 1.29 is 28.3 Å². The first-order chi connectivity index (χ1) is 17.2. The van der Waals surface area contributed by atoms with Crippen LogP contribution in [0.5, 0.6) is 0 Å². The van der Waals surface area contributed by atoms with Crippen LogP contribution < -0.4 is 15.5 Å². The summed E-state index contributed by atoms with van der Waals surface area (Å²) in [5, 5.41) is 4.88. The van der Waals surface area contributed by atoms with Crippen molar-refractivity contribution in [2.75, 3.05) is 22.6 Å². The molecule has 3 amide bonds. The lowest BCUT2D eigenvalue weighted by molar-refractivity contribution is -0.120. The summed E-state index contributed by atoms with van der Waals surface area (Å²) < 4.78 is 18.0. The van der Waals surface area contributed by atoms with Crippen molar-refractivity contribution in [3.63, 3.8) is 0 Å². The lowest BCUT2D eigenvalue weighted by Gasteiger charge is -2.16. The highest BCUT2D eigenvalue weighted by molar-refractivity contribution is 6.53. The number of esters is 1. The van der Waals surface area contributed by atoms with E-state index >= 15 is 0 Å². The molecule has 0 spiro atoms. The first kappa shape index (κ1) is 24.9. The first-order valence-electron chi connectivity index (χ1n) is 10.3. The fourth-order valence-corrected chi connectivity index (χ4v) is 3.79. The maximum absolute atomic E-state index is 13.4. The molecular weight excluding hydrogens is 512 g/mol. The number of nitrogens with zero attached hydrogens (tertiary/aromatic N) is 1. The number of hydrogen-bond donors (Lipinski definition) is 2. The van der Waals surface area contributed by atoms with Crippen LogP contribution >= 0.6 is 23.2 Å². The average Bonchev–Trinajstić information content (AvgIpc) is 3.09. The maximum atomic E-state index is 13.4. The van der Waals surface area contributed by atoms with Crippen LogP contribution in [-0.2, 0) is 14.3 Å². The molecule has 8 nitrogen and oxygen atoms in total. The summed E-state index contributed by atoms with van der Waals surface area (Å²) in [6, 6.07) is 15.6. The van der Waals surface area contributed by atoms with Gasteiger partial charge in [-0.25, -0.2) is 14.1 Å². The van der Waals surface area contributed by atoms with E-state index in [1.54, 1.807) is 12.1 Å². The van der Waals surface area contributed by atoms with Crippen LogP contribution in [0.1, 0.15) is 20.7 Å². The van der Waals surface area contributed by atoms with Gasteiger partial charge in [0.25, 0.3) is 17.7 Å². The summed E-state index contributed by atoms with van der Waals surface area (Å²) >= 11 is 11.9. The molecule has 0 saturated heterocycles. The summed E-state index contributed by atoms with van der Waals surface area (Å²) in [6.07, 6.45) is 0.